The van der Waals surface area contributed by atoms with Crippen LogP contribution in [0.3, 0.4) is 0 Å². The van der Waals surface area contributed by atoms with Gasteiger partial charge in [-0.15, -0.1) is 0 Å². The first-order valence-corrected chi connectivity index (χ1v) is 4.34. The summed E-state index contributed by atoms with van der Waals surface area (Å²) in [6.07, 6.45) is 3.52. The van der Waals surface area contributed by atoms with E-state index in [0.29, 0.717) is 17.3 Å². The minimum atomic E-state index is 0.317. The Hall–Kier alpha value is -1.64. The van der Waals surface area contributed by atoms with Crippen LogP contribution in [0.15, 0.2) is 29.4 Å². The largest absolute Gasteiger partial charge is 0.399 e. The topological polar surface area (TPSA) is 74.8 Å². The maximum atomic E-state index is 8.04. The molecular formula is C9H9ClN4. The lowest BCUT2D eigenvalue weighted by atomic mass is 10.2. The molecule has 0 saturated carbocycles. The smallest absolute Gasteiger partial charge is 0.0498 e. The minimum absolute atomic E-state index is 0.317. The van der Waals surface area contributed by atoms with Crippen molar-refractivity contribution in [3.05, 3.63) is 45.3 Å². The Bertz CT molecular complexity index is 394. The Morgan fingerprint density at radius 2 is 2.36 bits per heavy atom. The standard InChI is InChI=1S/C9H9ClN4/c10-9-6-8(11)4-3-7(9)2-1-5-13-14-12/h1-4,6H,5,11H2. The Morgan fingerprint density at radius 1 is 1.57 bits per heavy atom. The molecule has 4 nitrogen and oxygen atoms in total. The summed E-state index contributed by atoms with van der Waals surface area (Å²) in [5.41, 5.74) is 15.0. The van der Waals surface area contributed by atoms with E-state index in [1.54, 1.807) is 24.3 Å². The molecule has 72 valence electrons. The molecule has 0 amide bonds. The molecule has 5 heteroatoms. The van der Waals surface area contributed by atoms with Gasteiger partial charge in [-0.25, -0.2) is 0 Å². The lowest BCUT2D eigenvalue weighted by molar-refractivity contribution is 1.22. The highest BCUT2D eigenvalue weighted by Crippen LogP contribution is 2.20. The molecule has 0 fully saturated rings. The van der Waals surface area contributed by atoms with Gasteiger partial charge in [-0.2, -0.15) is 0 Å². The quantitative estimate of drug-likeness (QED) is 0.352. The molecule has 1 aromatic carbocycles. The molecule has 0 bridgehead atoms. The van der Waals surface area contributed by atoms with E-state index in [1.165, 1.54) is 0 Å². The average molecular weight is 209 g/mol. The van der Waals surface area contributed by atoms with Gasteiger partial charge in [0.1, 0.15) is 0 Å². The van der Waals surface area contributed by atoms with Crippen LogP contribution in [0.1, 0.15) is 5.56 Å². The van der Waals surface area contributed by atoms with Crippen molar-refractivity contribution >= 4 is 23.4 Å². The number of anilines is 1. The van der Waals surface area contributed by atoms with Crippen molar-refractivity contribution < 1.29 is 0 Å². The van der Waals surface area contributed by atoms with Crippen molar-refractivity contribution in [1.29, 1.82) is 0 Å². The molecule has 0 aliphatic rings. The fraction of sp³-hybridized carbons (Fsp3) is 0.111. The molecular weight excluding hydrogens is 200 g/mol. The predicted octanol–water partition coefficient (Wildman–Crippen LogP) is 3.25. The third-order valence-electron chi connectivity index (χ3n) is 1.57. The lowest BCUT2D eigenvalue weighted by Crippen LogP contribution is -1.84. The van der Waals surface area contributed by atoms with Gasteiger partial charge in [0.25, 0.3) is 0 Å². The summed E-state index contributed by atoms with van der Waals surface area (Å²) in [5.74, 6) is 0. The normalized spacial score (nSPS) is 10.1. The van der Waals surface area contributed by atoms with Crippen LogP contribution < -0.4 is 5.73 Å². The molecule has 0 heterocycles. The molecule has 0 aliphatic heterocycles. The van der Waals surface area contributed by atoms with Gasteiger partial charge in [-0.1, -0.05) is 34.9 Å². The second-order valence-corrected chi connectivity index (χ2v) is 3.00. The number of nitrogens with zero attached hydrogens (tertiary/aromatic N) is 3. The van der Waals surface area contributed by atoms with E-state index >= 15 is 0 Å². The zero-order chi connectivity index (χ0) is 10.4. The van der Waals surface area contributed by atoms with E-state index in [1.807, 2.05) is 6.07 Å². The van der Waals surface area contributed by atoms with Crippen LogP contribution in [0, 0.1) is 0 Å². The van der Waals surface area contributed by atoms with Gasteiger partial charge in [-0.3, -0.25) is 0 Å². The van der Waals surface area contributed by atoms with E-state index in [0.717, 1.165) is 5.56 Å². The average Bonchev–Trinajstić information content (AvgIpc) is 2.15. The number of hydrogen-bond donors (Lipinski definition) is 1. The van der Waals surface area contributed by atoms with Crippen molar-refractivity contribution in [2.24, 2.45) is 5.11 Å². The van der Waals surface area contributed by atoms with Gasteiger partial charge < -0.3 is 5.73 Å². The molecule has 0 aliphatic carbocycles. The van der Waals surface area contributed by atoms with Crippen LogP contribution in [-0.2, 0) is 0 Å². The van der Waals surface area contributed by atoms with Crippen molar-refractivity contribution in [2.75, 3.05) is 12.3 Å². The van der Waals surface area contributed by atoms with Crippen LogP contribution >= 0.6 is 11.6 Å². The second kappa shape index (κ2) is 5.17. The summed E-state index contributed by atoms with van der Waals surface area (Å²) >= 11 is 5.91. The molecule has 0 saturated heterocycles. The van der Waals surface area contributed by atoms with Gasteiger partial charge in [0, 0.05) is 22.2 Å². The van der Waals surface area contributed by atoms with Gasteiger partial charge in [-0.05, 0) is 23.2 Å². The summed E-state index contributed by atoms with van der Waals surface area (Å²) in [5, 5.41) is 3.95. The van der Waals surface area contributed by atoms with Crippen molar-refractivity contribution in [3.8, 4) is 0 Å². The van der Waals surface area contributed by atoms with Gasteiger partial charge in [0.2, 0.25) is 0 Å². The van der Waals surface area contributed by atoms with E-state index in [4.69, 9.17) is 22.9 Å². The number of hydrogen-bond acceptors (Lipinski definition) is 2. The SMILES string of the molecule is [N-]=[N+]=NCC=Cc1ccc(N)cc1Cl. The van der Waals surface area contributed by atoms with Crippen molar-refractivity contribution in [1.82, 2.24) is 0 Å². The molecule has 1 rings (SSSR count). The lowest BCUT2D eigenvalue weighted by Gasteiger charge is -1.98. The number of benzene rings is 1. The van der Waals surface area contributed by atoms with Gasteiger partial charge in [0.05, 0.1) is 0 Å². The number of rotatable bonds is 3. The van der Waals surface area contributed by atoms with Gasteiger partial charge >= 0.3 is 0 Å². The van der Waals surface area contributed by atoms with E-state index in [2.05, 4.69) is 10.0 Å². The monoisotopic (exact) mass is 208 g/mol. The Morgan fingerprint density at radius 3 is 3.00 bits per heavy atom. The van der Waals surface area contributed by atoms with Crippen LogP contribution in [0.5, 0.6) is 0 Å². The molecule has 0 radical (unpaired) electrons. The Labute approximate surface area is 86.6 Å². The fourth-order valence-corrected chi connectivity index (χ4v) is 1.19. The number of halogens is 1. The summed E-state index contributed by atoms with van der Waals surface area (Å²) in [4.78, 5) is 2.62. The van der Waals surface area contributed by atoms with E-state index < -0.39 is 0 Å². The minimum Gasteiger partial charge on any atom is -0.399 e. The number of azide groups is 1. The number of nitrogen functional groups attached to an aromatic ring is 1. The van der Waals surface area contributed by atoms with Crippen LogP contribution in [0.25, 0.3) is 16.5 Å². The Balaban J connectivity index is 2.76. The summed E-state index contributed by atoms with van der Waals surface area (Å²) in [6.45, 7) is 0.317. The third kappa shape index (κ3) is 3.01. The molecule has 0 unspecified atom stereocenters. The second-order valence-electron chi connectivity index (χ2n) is 2.60. The van der Waals surface area contributed by atoms with E-state index in [-0.39, 0.29) is 0 Å². The first-order valence-electron chi connectivity index (χ1n) is 3.96. The highest BCUT2D eigenvalue weighted by molar-refractivity contribution is 6.32. The molecule has 2 N–H and O–H groups in total. The van der Waals surface area contributed by atoms with Crippen LogP contribution in [-0.4, -0.2) is 6.54 Å². The molecule has 1 aromatic rings. The first-order chi connectivity index (χ1) is 6.74. The first kappa shape index (κ1) is 10.4. The molecule has 14 heavy (non-hydrogen) atoms. The molecule has 0 spiro atoms. The van der Waals surface area contributed by atoms with E-state index in [9.17, 15) is 0 Å². The predicted molar refractivity (Wildman–Crippen MR) is 58.9 cm³/mol. The van der Waals surface area contributed by atoms with Crippen molar-refractivity contribution in [3.63, 3.8) is 0 Å². The fourth-order valence-electron chi connectivity index (χ4n) is 0.942. The highest BCUT2D eigenvalue weighted by Gasteiger charge is 1.95. The Kier molecular flexibility index (Phi) is 3.85. The zero-order valence-corrected chi connectivity index (χ0v) is 8.15. The number of nitrogens with two attached hydrogens (primary N) is 1. The molecule has 0 aromatic heterocycles. The third-order valence-corrected chi connectivity index (χ3v) is 1.90. The molecule has 0 atom stereocenters. The van der Waals surface area contributed by atoms with Crippen LogP contribution in [0.4, 0.5) is 5.69 Å². The highest BCUT2D eigenvalue weighted by atomic mass is 35.5. The zero-order valence-electron chi connectivity index (χ0n) is 7.39. The summed E-state index contributed by atoms with van der Waals surface area (Å²) in [7, 11) is 0. The maximum absolute atomic E-state index is 8.04. The summed E-state index contributed by atoms with van der Waals surface area (Å²) in [6, 6.07) is 5.25. The van der Waals surface area contributed by atoms with Crippen LogP contribution in [0.2, 0.25) is 5.02 Å². The summed E-state index contributed by atoms with van der Waals surface area (Å²) < 4.78 is 0. The van der Waals surface area contributed by atoms with Gasteiger partial charge in [0.15, 0.2) is 0 Å². The van der Waals surface area contributed by atoms with Crippen molar-refractivity contribution in [2.45, 2.75) is 0 Å². The maximum Gasteiger partial charge on any atom is 0.0498 e.